The van der Waals surface area contributed by atoms with Crippen molar-refractivity contribution in [2.75, 3.05) is 12.3 Å². The summed E-state index contributed by atoms with van der Waals surface area (Å²) in [7, 11) is 0. The number of halogens is 3. The van der Waals surface area contributed by atoms with Gasteiger partial charge in [-0.2, -0.15) is 13.2 Å². The minimum absolute atomic E-state index is 0.0245. The topological polar surface area (TPSA) is 46.9 Å². The normalized spacial score (nSPS) is 15.5. The highest BCUT2D eigenvalue weighted by Gasteiger charge is 2.27. The molecule has 8 heteroatoms. The molecule has 0 atom stereocenters. The van der Waals surface area contributed by atoms with E-state index in [9.17, 15) is 18.0 Å². The number of nitrogens with one attached hydrogen (secondary N) is 1. The maximum Gasteiger partial charge on any atom is 0.441 e. The Morgan fingerprint density at radius 1 is 1.50 bits per heavy atom. The van der Waals surface area contributed by atoms with Crippen LogP contribution in [0.3, 0.4) is 0 Å². The van der Waals surface area contributed by atoms with Gasteiger partial charge in [0.25, 0.3) is 5.56 Å². The molecule has 18 heavy (non-hydrogen) atoms. The van der Waals surface area contributed by atoms with E-state index in [1.165, 1.54) is 10.9 Å². The lowest BCUT2D eigenvalue weighted by molar-refractivity contribution is -0.0328. The molecule has 0 saturated heterocycles. The quantitative estimate of drug-likeness (QED) is 0.901. The van der Waals surface area contributed by atoms with E-state index in [1.807, 2.05) is 0 Å². The van der Waals surface area contributed by atoms with Crippen LogP contribution >= 0.6 is 11.8 Å². The van der Waals surface area contributed by atoms with Crippen molar-refractivity contribution >= 4 is 11.8 Å². The highest BCUT2D eigenvalue weighted by molar-refractivity contribution is 8.00. The minimum atomic E-state index is -4.25. The maximum atomic E-state index is 12.0. The van der Waals surface area contributed by atoms with E-state index in [2.05, 4.69) is 10.3 Å². The monoisotopic (exact) mass is 279 g/mol. The summed E-state index contributed by atoms with van der Waals surface area (Å²) >= 11 is -0.125. The van der Waals surface area contributed by atoms with Crippen LogP contribution < -0.4 is 10.9 Å². The molecule has 1 aliphatic heterocycles. The smallest absolute Gasteiger partial charge is 0.311 e. The Morgan fingerprint density at radius 2 is 2.28 bits per heavy atom. The molecule has 1 aliphatic rings. The second-order valence-corrected chi connectivity index (χ2v) is 5.05. The second-order valence-electron chi connectivity index (χ2n) is 3.89. The van der Waals surface area contributed by atoms with Crippen LogP contribution in [-0.2, 0) is 19.5 Å². The van der Waals surface area contributed by atoms with Gasteiger partial charge in [0.15, 0.2) is 0 Å². The number of nitrogens with zero attached hydrogens (tertiary/aromatic N) is 2. The lowest BCUT2D eigenvalue weighted by Crippen LogP contribution is -2.34. The van der Waals surface area contributed by atoms with Gasteiger partial charge in [-0.3, -0.25) is 9.36 Å². The molecule has 4 nitrogen and oxygen atoms in total. The van der Waals surface area contributed by atoms with Crippen molar-refractivity contribution in [2.24, 2.45) is 0 Å². The van der Waals surface area contributed by atoms with E-state index < -0.39 is 5.51 Å². The number of fused-ring (bicyclic) bond motifs is 1. The van der Waals surface area contributed by atoms with E-state index in [4.69, 9.17) is 0 Å². The highest BCUT2D eigenvalue weighted by atomic mass is 32.2. The Kier molecular flexibility index (Phi) is 3.96. The van der Waals surface area contributed by atoms with Gasteiger partial charge in [0.2, 0.25) is 0 Å². The molecule has 2 heterocycles. The number of hydrogen-bond acceptors (Lipinski definition) is 4. The van der Waals surface area contributed by atoms with E-state index in [0.29, 0.717) is 30.8 Å². The molecule has 0 fully saturated rings. The third-order valence-electron chi connectivity index (χ3n) is 2.66. The van der Waals surface area contributed by atoms with Gasteiger partial charge >= 0.3 is 5.51 Å². The number of aromatic nitrogens is 2. The molecule has 0 aromatic carbocycles. The summed E-state index contributed by atoms with van der Waals surface area (Å²) in [5.41, 5.74) is -3.15. The zero-order valence-electron chi connectivity index (χ0n) is 9.46. The first-order valence-electron chi connectivity index (χ1n) is 5.46. The van der Waals surface area contributed by atoms with Crippen molar-refractivity contribution in [2.45, 2.75) is 25.0 Å². The predicted octanol–water partition coefficient (Wildman–Crippen LogP) is 1.14. The van der Waals surface area contributed by atoms with Crippen molar-refractivity contribution in [1.82, 2.24) is 14.9 Å². The summed E-state index contributed by atoms with van der Waals surface area (Å²) in [6.07, 6.45) is 1.90. The van der Waals surface area contributed by atoms with Crippen LogP contribution in [0.5, 0.6) is 0 Å². The fraction of sp³-hybridized carbons (Fsp3) is 0.600. The number of aryl methyl sites for hydroxylation is 1. The molecule has 0 saturated carbocycles. The van der Waals surface area contributed by atoms with Crippen LogP contribution in [0.1, 0.15) is 11.3 Å². The summed E-state index contributed by atoms with van der Waals surface area (Å²) in [4.78, 5) is 16.1. The van der Waals surface area contributed by atoms with Gasteiger partial charge in [-0.25, -0.2) is 4.98 Å². The number of alkyl halides is 3. The first-order chi connectivity index (χ1) is 8.47. The van der Waals surface area contributed by atoms with Crippen molar-refractivity contribution in [1.29, 1.82) is 0 Å². The lowest BCUT2D eigenvalue weighted by atomic mass is 10.1. The summed E-state index contributed by atoms with van der Waals surface area (Å²) < 4.78 is 37.2. The minimum Gasteiger partial charge on any atom is -0.311 e. The zero-order chi connectivity index (χ0) is 13.2. The van der Waals surface area contributed by atoms with E-state index in [1.54, 1.807) is 0 Å². The summed E-state index contributed by atoms with van der Waals surface area (Å²) in [5, 5.41) is 3.09. The first kappa shape index (κ1) is 13.4. The van der Waals surface area contributed by atoms with Gasteiger partial charge in [-0.15, -0.1) is 0 Å². The molecule has 0 unspecified atom stereocenters. The summed E-state index contributed by atoms with van der Waals surface area (Å²) in [6.45, 7) is 1.27. The molecule has 1 aromatic heterocycles. The van der Waals surface area contributed by atoms with Crippen molar-refractivity contribution in [3.05, 3.63) is 27.9 Å². The molecule has 2 rings (SSSR count). The van der Waals surface area contributed by atoms with Gasteiger partial charge in [0.1, 0.15) is 0 Å². The Labute approximate surface area is 106 Å². The van der Waals surface area contributed by atoms with Crippen LogP contribution in [0.2, 0.25) is 0 Å². The maximum absolute atomic E-state index is 12.0. The molecule has 1 aromatic rings. The molecular weight excluding hydrogens is 267 g/mol. The van der Waals surface area contributed by atoms with E-state index in [-0.39, 0.29) is 29.6 Å². The molecule has 1 N–H and O–H groups in total. The largest absolute Gasteiger partial charge is 0.441 e. The van der Waals surface area contributed by atoms with Crippen molar-refractivity contribution < 1.29 is 13.2 Å². The van der Waals surface area contributed by atoms with Gasteiger partial charge in [-0.05, 0) is 24.7 Å². The van der Waals surface area contributed by atoms with Gasteiger partial charge in [0.05, 0.1) is 12.0 Å². The summed E-state index contributed by atoms with van der Waals surface area (Å²) in [5.74, 6) is -0.178. The standard InChI is InChI=1S/C10H12F3N3OS/c11-10(12,13)18-4-3-16-6-15-8-5-14-2-1-7(8)9(16)17/h6,14H,1-5H2. The van der Waals surface area contributed by atoms with Gasteiger partial charge < -0.3 is 5.32 Å². The SMILES string of the molecule is O=c1c2c(ncn1CCSC(F)(F)F)CNCC2. The molecule has 0 amide bonds. The van der Waals surface area contributed by atoms with Crippen LogP contribution in [-0.4, -0.2) is 27.4 Å². The van der Waals surface area contributed by atoms with Gasteiger partial charge in [-0.1, -0.05) is 0 Å². The number of thioether (sulfide) groups is 1. The number of hydrogen-bond donors (Lipinski definition) is 1. The van der Waals surface area contributed by atoms with Crippen molar-refractivity contribution in [3.63, 3.8) is 0 Å². The average molecular weight is 279 g/mol. The second kappa shape index (κ2) is 5.31. The van der Waals surface area contributed by atoms with E-state index >= 15 is 0 Å². The Morgan fingerprint density at radius 3 is 3.00 bits per heavy atom. The molecule has 0 aliphatic carbocycles. The number of rotatable bonds is 3. The highest BCUT2D eigenvalue weighted by Crippen LogP contribution is 2.29. The molecule has 0 spiro atoms. The third-order valence-corrected chi connectivity index (χ3v) is 3.38. The van der Waals surface area contributed by atoms with Crippen LogP contribution in [0.4, 0.5) is 13.2 Å². The third kappa shape index (κ3) is 3.26. The zero-order valence-corrected chi connectivity index (χ0v) is 10.3. The van der Waals surface area contributed by atoms with Crippen LogP contribution in [0, 0.1) is 0 Å². The molecule has 0 radical (unpaired) electrons. The first-order valence-corrected chi connectivity index (χ1v) is 6.44. The average Bonchev–Trinajstić information content (AvgIpc) is 2.31. The van der Waals surface area contributed by atoms with Gasteiger partial charge in [0, 0.05) is 24.4 Å². The Hall–Kier alpha value is -1.02. The fourth-order valence-corrected chi connectivity index (χ4v) is 2.33. The lowest BCUT2D eigenvalue weighted by Gasteiger charge is -2.16. The fourth-order valence-electron chi connectivity index (χ4n) is 1.81. The molecular formula is C10H12F3N3OS. The van der Waals surface area contributed by atoms with Crippen molar-refractivity contribution in [3.8, 4) is 0 Å². The summed E-state index contributed by atoms with van der Waals surface area (Å²) in [6, 6.07) is 0. The molecule has 100 valence electrons. The van der Waals surface area contributed by atoms with Crippen LogP contribution in [0.15, 0.2) is 11.1 Å². The Bertz CT molecular complexity index is 486. The molecule has 0 bridgehead atoms. The Balaban J connectivity index is 2.08. The van der Waals surface area contributed by atoms with Crippen LogP contribution in [0.25, 0.3) is 0 Å². The predicted molar refractivity (Wildman–Crippen MR) is 62.4 cm³/mol. The van der Waals surface area contributed by atoms with E-state index in [0.717, 1.165) is 0 Å².